The fourth-order valence-electron chi connectivity index (χ4n) is 2.12. The van der Waals surface area contributed by atoms with Crippen LogP contribution < -0.4 is 11.5 Å². The molecule has 70 valence electrons. The number of carbonyl (C=O) groups excluding carboxylic acids is 1. The summed E-state index contributed by atoms with van der Waals surface area (Å²) >= 11 is 0. The zero-order valence-corrected chi connectivity index (χ0v) is 7.51. The van der Waals surface area contributed by atoms with E-state index in [0.29, 0.717) is 6.54 Å². The van der Waals surface area contributed by atoms with E-state index in [1.54, 1.807) is 0 Å². The summed E-state index contributed by atoms with van der Waals surface area (Å²) in [6.45, 7) is 0.572. The normalized spacial score (nSPS) is 22.1. The third-order valence-corrected chi connectivity index (χ3v) is 2.96. The van der Waals surface area contributed by atoms with Gasteiger partial charge in [-0.3, -0.25) is 4.79 Å². The second-order valence-corrected chi connectivity index (χ2v) is 3.74. The Bertz CT molecular complexity index is 156. The van der Waals surface area contributed by atoms with Crippen molar-refractivity contribution in [3.05, 3.63) is 0 Å². The molecule has 0 aliphatic heterocycles. The van der Waals surface area contributed by atoms with Gasteiger partial charge < -0.3 is 11.5 Å². The first kappa shape index (κ1) is 9.52. The van der Waals surface area contributed by atoms with Gasteiger partial charge in [0.15, 0.2) is 0 Å². The summed E-state index contributed by atoms with van der Waals surface area (Å²) in [5.41, 5.74) is 10.6. The maximum Gasteiger partial charge on any atom is 0.223 e. The molecule has 1 saturated carbocycles. The van der Waals surface area contributed by atoms with E-state index in [-0.39, 0.29) is 11.3 Å². The van der Waals surface area contributed by atoms with Gasteiger partial charge in [-0.1, -0.05) is 19.3 Å². The number of carbonyl (C=O) groups is 1. The minimum absolute atomic E-state index is 0.146. The van der Waals surface area contributed by atoms with Crippen molar-refractivity contribution in [3.8, 4) is 0 Å². The van der Waals surface area contributed by atoms with E-state index < -0.39 is 0 Å². The molecule has 1 rings (SSSR count). The van der Waals surface area contributed by atoms with Crippen LogP contribution in [0.2, 0.25) is 0 Å². The van der Waals surface area contributed by atoms with Gasteiger partial charge in [-0.2, -0.15) is 0 Å². The maximum absolute atomic E-state index is 11.2. The fourth-order valence-corrected chi connectivity index (χ4v) is 2.12. The van der Waals surface area contributed by atoms with Crippen molar-refractivity contribution in [1.29, 1.82) is 0 Å². The van der Waals surface area contributed by atoms with E-state index >= 15 is 0 Å². The lowest BCUT2D eigenvalue weighted by Gasteiger charge is -2.33. The molecule has 1 aliphatic carbocycles. The Labute approximate surface area is 73.5 Å². The number of nitrogens with two attached hydrogens (primary N) is 2. The number of hydrogen-bond donors (Lipinski definition) is 2. The van der Waals surface area contributed by atoms with Crippen LogP contribution in [-0.2, 0) is 4.79 Å². The van der Waals surface area contributed by atoms with Gasteiger partial charge >= 0.3 is 0 Å². The number of primary amides is 1. The summed E-state index contributed by atoms with van der Waals surface area (Å²) in [5.74, 6) is -0.146. The van der Waals surface area contributed by atoms with Gasteiger partial charge in [0.2, 0.25) is 5.91 Å². The molecule has 0 spiro atoms. The van der Waals surface area contributed by atoms with Gasteiger partial charge in [0.25, 0.3) is 0 Å². The lowest BCUT2D eigenvalue weighted by molar-refractivity contribution is -0.129. The summed E-state index contributed by atoms with van der Waals surface area (Å²) in [7, 11) is 0. The van der Waals surface area contributed by atoms with E-state index in [0.717, 1.165) is 32.1 Å². The lowest BCUT2D eigenvalue weighted by atomic mass is 9.71. The topological polar surface area (TPSA) is 69.1 Å². The first-order chi connectivity index (χ1) is 5.71. The molecule has 12 heavy (non-hydrogen) atoms. The molecule has 0 bridgehead atoms. The smallest absolute Gasteiger partial charge is 0.223 e. The summed E-state index contributed by atoms with van der Waals surface area (Å²) in [6, 6.07) is 0. The average molecular weight is 170 g/mol. The molecule has 0 aromatic rings. The molecule has 0 saturated heterocycles. The van der Waals surface area contributed by atoms with Crippen molar-refractivity contribution < 1.29 is 4.79 Å². The summed E-state index contributed by atoms with van der Waals surface area (Å²) in [5, 5.41) is 0. The van der Waals surface area contributed by atoms with Crippen molar-refractivity contribution in [2.45, 2.75) is 38.5 Å². The van der Waals surface area contributed by atoms with Gasteiger partial charge in [-0.25, -0.2) is 0 Å². The van der Waals surface area contributed by atoms with Gasteiger partial charge in [-0.15, -0.1) is 0 Å². The van der Waals surface area contributed by atoms with Crippen LogP contribution in [0.15, 0.2) is 0 Å². The Kier molecular flexibility index (Phi) is 3.09. The highest BCUT2D eigenvalue weighted by molar-refractivity contribution is 5.80. The standard InChI is InChI=1S/C9H18N2O/c10-7-6-9(8(11)12)4-2-1-3-5-9/h1-7,10H2,(H2,11,12). The SMILES string of the molecule is NCCC1(C(N)=O)CCCCC1. The Balaban J connectivity index is 2.63. The average Bonchev–Trinajstić information content (AvgIpc) is 2.06. The quantitative estimate of drug-likeness (QED) is 0.657. The molecule has 0 radical (unpaired) electrons. The molecule has 1 aliphatic rings. The van der Waals surface area contributed by atoms with Crippen molar-refractivity contribution in [2.24, 2.45) is 16.9 Å². The predicted molar refractivity (Wildman–Crippen MR) is 48.4 cm³/mol. The molecule has 1 fully saturated rings. The first-order valence-electron chi connectivity index (χ1n) is 4.71. The van der Waals surface area contributed by atoms with Crippen LogP contribution in [0.25, 0.3) is 0 Å². The molecule has 1 amide bonds. The zero-order valence-electron chi connectivity index (χ0n) is 7.51. The van der Waals surface area contributed by atoms with Crippen molar-refractivity contribution in [2.75, 3.05) is 6.54 Å². The van der Waals surface area contributed by atoms with Gasteiger partial charge in [0, 0.05) is 0 Å². The molecule has 3 nitrogen and oxygen atoms in total. The van der Waals surface area contributed by atoms with Crippen molar-refractivity contribution >= 4 is 5.91 Å². The Hall–Kier alpha value is -0.570. The summed E-state index contributed by atoms with van der Waals surface area (Å²) < 4.78 is 0. The molecule has 3 heteroatoms. The Morgan fingerprint density at radius 2 is 1.83 bits per heavy atom. The molecule has 0 aromatic carbocycles. The number of amides is 1. The van der Waals surface area contributed by atoms with Gasteiger partial charge in [-0.05, 0) is 25.8 Å². The molecular formula is C9H18N2O. The molecular weight excluding hydrogens is 152 g/mol. The lowest BCUT2D eigenvalue weighted by Crippen LogP contribution is -2.40. The second kappa shape index (κ2) is 3.90. The first-order valence-corrected chi connectivity index (χ1v) is 4.71. The molecule has 0 aromatic heterocycles. The highest BCUT2D eigenvalue weighted by atomic mass is 16.1. The van der Waals surface area contributed by atoms with Crippen LogP contribution in [-0.4, -0.2) is 12.5 Å². The largest absolute Gasteiger partial charge is 0.369 e. The van der Waals surface area contributed by atoms with Gasteiger partial charge in [0.05, 0.1) is 5.41 Å². The number of hydrogen-bond acceptors (Lipinski definition) is 2. The van der Waals surface area contributed by atoms with E-state index in [9.17, 15) is 4.79 Å². The van der Waals surface area contributed by atoms with Crippen LogP contribution in [0.1, 0.15) is 38.5 Å². The third-order valence-electron chi connectivity index (χ3n) is 2.96. The van der Waals surface area contributed by atoms with Crippen molar-refractivity contribution in [1.82, 2.24) is 0 Å². The van der Waals surface area contributed by atoms with Crippen LogP contribution >= 0.6 is 0 Å². The fraction of sp³-hybridized carbons (Fsp3) is 0.889. The number of rotatable bonds is 3. The maximum atomic E-state index is 11.2. The minimum Gasteiger partial charge on any atom is -0.369 e. The van der Waals surface area contributed by atoms with E-state index in [1.165, 1.54) is 6.42 Å². The Morgan fingerprint density at radius 3 is 2.25 bits per heavy atom. The van der Waals surface area contributed by atoms with Gasteiger partial charge in [0.1, 0.15) is 0 Å². The van der Waals surface area contributed by atoms with Crippen molar-refractivity contribution in [3.63, 3.8) is 0 Å². The highest BCUT2D eigenvalue weighted by Crippen LogP contribution is 2.38. The zero-order chi connectivity index (χ0) is 9.03. The van der Waals surface area contributed by atoms with Crippen LogP contribution in [0.5, 0.6) is 0 Å². The molecule has 4 N–H and O–H groups in total. The molecule has 0 heterocycles. The van der Waals surface area contributed by atoms with E-state index in [2.05, 4.69) is 0 Å². The van der Waals surface area contributed by atoms with E-state index in [4.69, 9.17) is 11.5 Å². The van der Waals surface area contributed by atoms with Crippen LogP contribution in [0, 0.1) is 5.41 Å². The van der Waals surface area contributed by atoms with Crippen LogP contribution in [0.4, 0.5) is 0 Å². The third kappa shape index (κ3) is 1.78. The van der Waals surface area contributed by atoms with Crippen LogP contribution in [0.3, 0.4) is 0 Å². The molecule has 0 atom stereocenters. The predicted octanol–water partition coefficient (Wildman–Crippen LogP) is 0.771. The second-order valence-electron chi connectivity index (χ2n) is 3.74. The Morgan fingerprint density at radius 1 is 1.25 bits per heavy atom. The summed E-state index contributed by atoms with van der Waals surface area (Å²) in [4.78, 5) is 11.2. The molecule has 0 unspecified atom stereocenters. The monoisotopic (exact) mass is 170 g/mol. The van der Waals surface area contributed by atoms with E-state index in [1.807, 2.05) is 0 Å². The minimum atomic E-state index is -0.257. The highest BCUT2D eigenvalue weighted by Gasteiger charge is 2.36. The summed E-state index contributed by atoms with van der Waals surface area (Å²) in [6.07, 6.45) is 6.15.